The lowest BCUT2D eigenvalue weighted by atomic mass is 9.93. The zero-order chi connectivity index (χ0) is 10.3. The highest BCUT2D eigenvalue weighted by Gasteiger charge is 2.22. The van der Waals surface area contributed by atoms with Crippen molar-refractivity contribution in [2.75, 3.05) is 7.11 Å². The summed E-state index contributed by atoms with van der Waals surface area (Å²) in [6.07, 6.45) is 4.76. The Bertz CT molecular complexity index is 143. The van der Waals surface area contributed by atoms with Gasteiger partial charge in [0.05, 0.1) is 5.60 Å². The van der Waals surface area contributed by atoms with Gasteiger partial charge >= 0.3 is 0 Å². The van der Waals surface area contributed by atoms with Crippen LogP contribution >= 0.6 is 0 Å². The first-order valence-corrected chi connectivity index (χ1v) is 5.03. The highest BCUT2D eigenvalue weighted by molar-refractivity contribution is 5.51. The average Bonchev–Trinajstić information content (AvgIpc) is 2.04. The maximum absolute atomic E-state index is 10.4. The molecule has 0 aliphatic heterocycles. The summed E-state index contributed by atoms with van der Waals surface area (Å²) in [6.45, 7) is 6.43. The second-order valence-electron chi connectivity index (χ2n) is 4.31. The summed E-state index contributed by atoms with van der Waals surface area (Å²) in [5.74, 6) is 0.734. The van der Waals surface area contributed by atoms with Gasteiger partial charge in [0.25, 0.3) is 0 Å². The van der Waals surface area contributed by atoms with Gasteiger partial charge < -0.3 is 9.53 Å². The quantitative estimate of drug-likeness (QED) is 0.571. The fourth-order valence-corrected chi connectivity index (χ4v) is 1.35. The number of methoxy groups -OCH3 is 1. The minimum Gasteiger partial charge on any atom is -0.378 e. The number of aldehydes is 1. The first kappa shape index (κ1) is 12.6. The molecular formula is C11H22O2. The molecule has 0 aromatic heterocycles. The van der Waals surface area contributed by atoms with Crippen LogP contribution in [0, 0.1) is 5.92 Å². The summed E-state index contributed by atoms with van der Waals surface area (Å²) in [4.78, 5) is 10.4. The molecule has 0 aromatic carbocycles. The fourth-order valence-electron chi connectivity index (χ4n) is 1.35. The van der Waals surface area contributed by atoms with E-state index in [4.69, 9.17) is 4.74 Å². The highest BCUT2D eigenvalue weighted by atomic mass is 16.5. The van der Waals surface area contributed by atoms with Crippen molar-refractivity contribution in [2.45, 2.75) is 52.1 Å². The Morgan fingerprint density at radius 2 is 2.08 bits per heavy atom. The smallest absolute Gasteiger partial charge is 0.122 e. The Kier molecular flexibility index (Phi) is 5.97. The molecule has 1 unspecified atom stereocenters. The van der Waals surface area contributed by atoms with Crippen molar-refractivity contribution < 1.29 is 9.53 Å². The normalized spacial score (nSPS) is 15.8. The predicted octanol–water partition coefficient (Wildman–Crippen LogP) is 2.81. The third kappa shape index (κ3) is 5.81. The largest absolute Gasteiger partial charge is 0.378 e. The molecule has 0 amide bonds. The van der Waals surface area contributed by atoms with E-state index < -0.39 is 0 Å². The van der Waals surface area contributed by atoms with Crippen LogP contribution in [0.2, 0.25) is 0 Å². The lowest BCUT2D eigenvalue weighted by molar-refractivity contribution is -0.113. The maximum atomic E-state index is 10.4. The van der Waals surface area contributed by atoms with E-state index in [-0.39, 0.29) is 5.60 Å². The lowest BCUT2D eigenvalue weighted by Crippen LogP contribution is -2.27. The summed E-state index contributed by atoms with van der Waals surface area (Å²) in [6, 6.07) is 0. The zero-order valence-electron chi connectivity index (χ0n) is 9.30. The average molecular weight is 186 g/mol. The van der Waals surface area contributed by atoms with Gasteiger partial charge in [0.2, 0.25) is 0 Å². The van der Waals surface area contributed by atoms with Crippen LogP contribution in [0.25, 0.3) is 0 Å². The van der Waals surface area contributed by atoms with Crippen molar-refractivity contribution in [3.63, 3.8) is 0 Å². The molecule has 1 atom stereocenters. The SMILES string of the molecule is COC(C)(CC=O)CCCC(C)C. The molecule has 0 saturated carbocycles. The number of ether oxygens (including phenoxy) is 1. The molecule has 0 heterocycles. The van der Waals surface area contributed by atoms with Gasteiger partial charge in [0, 0.05) is 13.5 Å². The van der Waals surface area contributed by atoms with Gasteiger partial charge in [0.1, 0.15) is 6.29 Å². The molecule has 2 heteroatoms. The van der Waals surface area contributed by atoms with Crippen molar-refractivity contribution in [1.82, 2.24) is 0 Å². The van der Waals surface area contributed by atoms with E-state index in [0.29, 0.717) is 6.42 Å². The number of carbonyl (C=O) groups is 1. The van der Waals surface area contributed by atoms with Gasteiger partial charge in [-0.1, -0.05) is 26.7 Å². The molecule has 0 bridgehead atoms. The summed E-state index contributed by atoms with van der Waals surface area (Å²) in [7, 11) is 1.68. The second kappa shape index (κ2) is 6.14. The van der Waals surface area contributed by atoms with E-state index in [2.05, 4.69) is 13.8 Å². The van der Waals surface area contributed by atoms with E-state index in [1.807, 2.05) is 6.92 Å². The fraction of sp³-hybridized carbons (Fsp3) is 0.909. The first-order valence-electron chi connectivity index (χ1n) is 5.03. The minimum absolute atomic E-state index is 0.239. The van der Waals surface area contributed by atoms with Crippen LogP contribution in [0.5, 0.6) is 0 Å². The molecular weight excluding hydrogens is 164 g/mol. The standard InChI is InChI=1S/C11H22O2/c1-10(2)6-5-7-11(3,13-4)8-9-12/h9-10H,5-8H2,1-4H3. The van der Waals surface area contributed by atoms with Crippen LogP contribution in [0.3, 0.4) is 0 Å². The van der Waals surface area contributed by atoms with E-state index >= 15 is 0 Å². The van der Waals surface area contributed by atoms with E-state index in [0.717, 1.165) is 25.0 Å². The molecule has 78 valence electrons. The molecule has 0 aromatic rings. The molecule has 0 rings (SSSR count). The number of carbonyl (C=O) groups excluding carboxylic acids is 1. The van der Waals surface area contributed by atoms with Gasteiger partial charge in [-0.05, 0) is 19.3 Å². The van der Waals surface area contributed by atoms with Crippen molar-refractivity contribution in [3.05, 3.63) is 0 Å². The van der Waals surface area contributed by atoms with Crippen molar-refractivity contribution in [3.8, 4) is 0 Å². The minimum atomic E-state index is -0.239. The molecule has 0 saturated heterocycles. The number of rotatable bonds is 7. The molecule has 0 aliphatic rings. The van der Waals surface area contributed by atoms with Crippen LogP contribution in [0.4, 0.5) is 0 Å². The monoisotopic (exact) mass is 186 g/mol. The Hall–Kier alpha value is -0.370. The van der Waals surface area contributed by atoms with Gasteiger partial charge in [0.15, 0.2) is 0 Å². The molecule has 13 heavy (non-hydrogen) atoms. The maximum Gasteiger partial charge on any atom is 0.122 e. The van der Waals surface area contributed by atoms with Crippen LogP contribution in [0.15, 0.2) is 0 Å². The summed E-state index contributed by atoms with van der Waals surface area (Å²) >= 11 is 0. The molecule has 2 nitrogen and oxygen atoms in total. The van der Waals surface area contributed by atoms with Gasteiger partial charge in [-0.25, -0.2) is 0 Å². The van der Waals surface area contributed by atoms with Crippen LogP contribution in [-0.4, -0.2) is 19.0 Å². The highest BCUT2D eigenvalue weighted by Crippen LogP contribution is 2.22. The Balaban J connectivity index is 3.76. The first-order chi connectivity index (χ1) is 6.04. The summed E-state index contributed by atoms with van der Waals surface area (Å²) in [5, 5.41) is 0. The van der Waals surface area contributed by atoms with Crippen molar-refractivity contribution in [1.29, 1.82) is 0 Å². The van der Waals surface area contributed by atoms with Crippen LogP contribution < -0.4 is 0 Å². The zero-order valence-corrected chi connectivity index (χ0v) is 9.30. The molecule has 0 spiro atoms. The molecule has 0 aliphatic carbocycles. The van der Waals surface area contributed by atoms with E-state index in [1.165, 1.54) is 6.42 Å². The van der Waals surface area contributed by atoms with Gasteiger partial charge in [-0.15, -0.1) is 0 Å². The van der Waals surface area contributed by atoms with E-state index in [1.54, 1.807) is 7.11 Å². The van der Waals surface area contributed by atoms with Crippen LogP contribution in [-0.2, 0) is 9.53 Å². The van der Waals surface area contributed by atoms with Gasteiger partial charge in [-0.3, -0.25) is 0 Å². The lowest BCUT2D eigenvalue weighted by Gasteiger charge is -2.26. The third-order valence-corrected chi connectivity index (χ3v) is 2.50. The summed E-state index contributed by atoms with van der Waals surface area (Å²) in [5.41, 5.74) is -0.239. The summed E-state index contributed by atoms with van der Waals surface area (Å²) < 4.78 is 5.33. The Morgan fingerprint density at radius 1 is 1.46 bits per heavy atom. The molecule has 0 fully saturated rings. The Labute approximate surface area is 81.7 Å². The number of hydrogen-bond acceptors (Lipinski definition) is 2. The van der Waals surface area contributed by atoms with Gasteiger partial charge in [-0.2, -0.15) is 0 Å². The Morgan fingerprint density at radius 3 is 2.46 bits per heavy atom. The molecule has 0 radical (unpaired) electrons. The number of hydrogen-bond donors (Lipinski definition) is 0. The third-order valence-electron chi connectivity index (χ3n) is 2.50. The second-order valence-corrected chi connectivity index (χ2v) is 4.31. The van der Waals surface area contributed by atoms with Crippen molar-refractivity contribution >= 4 is 6.29 Å². The van der Waals surface area contributed by atoms with E-state index in [9.17, 15) is 4.79 Å². The van der Waals surface area contributed by atoms with Crippen molar-refractivity contribution in [2.24, 2.45) is 5.92 Å². The predicted molar refractivity (Wildman–Crippen MR) is 54.8 cm³/mol. The topological polar surface area (TPSA) is 26.3 Å². The molecule has 0 N–H and O–H groups in total. The van der Waals surface area contributed by atoms with Crippen LogP contribution in [0.1, 0.15) is 46.5 Å².